The summed E-state index contributed by atoms with van der Waals surface area (Å²) in [7, 11) is 0. The number of aromatic nitrogens is 3. The van der Waals surface area contributed by atoms with Crippen molar-refractivity contribution in [3.63, 3.8) is 0 Å². The molecule has 2 aromatic rings. The number of rotatable bonds is 2. The van der Waals surface area contributed by atoms with Crippen molar-refractivity contribution < 1.29 is 13.9 Å². The van der Waals surface area contributed by atoms with Gasteiger partial charge in [-0.1, -0.05) is 20.8 Å². The molecule has 1 amide bonds. The van der Waals surface area contributed by atoms with Crippen molar-refractivity contribution >= 4 is 6.09 Å². The lowest BCUT2D eigenvalue weighted by Gasteiger charge is -2.18. The van der Waals surface area contributed by atoms with Crippen LogP contribution in [0, 0.1) is 0 Å². The number of ether oxygens (including phenoxy) is 1. The molecular weight excluding hydrogens is 248 g/mol. The Morgan fingerprint density at radius 2 is 2.11 bits per heavy atom. The van der Waals surface area contributed by atoms with Crippen molar-refractivity contribution in [2.24, 2.45) is 5.73 Å². The van der Waals surface area contributed by atoms with Crippen LogP contribution in [0.2, 0.25) is 0 Å². The zero-order valence-corrected chi connectivity index (χ0v) is 10.9. The molecule has 0 unspecified atom stereocenters. The summed E-state index contributed by atoms with van der Waals surface area (Å²) in [5, 5.41) is 0. The van der Waals surface area contributed by atoms with Gasteiger partial charge in [0.25, 0.3) is 11.8 Å². The number of carbonyl (C=O) groups is 1. The Hall–Kier alpha value is -2.44. The summed E-state index contributed by atoms with van der Waals surface area (Å²) in [6.45, 7) is 5.97. The number of oxazole rings is 1. The number of hydrogen-bond acceptors (Lipinski definition) is 6. The Morgan fingerprint density at radius 3 is 2.63 bits per heavy atom. The topological polar surface area (TPSA) is 104 Å². The van der Waals surface area contributed by atoms with E-state index in [0.29, 0.717) is 0 Å². The van der Waals surface area contributed by atoms with Gasteiger partial charge in [-0.15, -0.1) is 0 Å². The van der Waals surface area contributed by atoms with Crippen LogP contribution < -0.4 is 10.5 Å². The fraction of sp³-hybridized carbons (Fsp3) is 0.333. The molecule has 0 saturated carbocycles. The van der Waals surface area contributed by atoms with Gasteiger partial charge in [-0.25, -0.2) is 19.7 Å². The summed E-state index contributed by atoms with van der Waals surface area (Å²) in [6.07, 6.45) is 3.43. The molecule has 7 nitrogen and oxygen atoms in total. The van der Waals surface area contributed by atoms with E-state index in [-0.39, 0.29) is 22.9 Å². The molecule has 0 radical (unpaired) electrons. The first-order chi connectivity index (χ1) is 8.88. The monoisotopic (exact) mass is 262 g/mol. The molecule has 100 valence electrons. The van der Waals surface area contributed by atoms with Gasteiger partial charge in [0.1, 0.15) is 6.26 Å². The van der Waals surface area contributed by atoms with Crippen LogP contribution >= 0.6 is 0 Å². The predicted molar refractivity (Wildman–Crippen MR) is 66.4 cm³/mol. The third kappa shape index (κ3) is 2.87. The van der Waals surface area contributed by atoms with Crippen molar-refractivity contribution in [3.8, 4) is 17.5 Å². The summed E-state index contributed by atoms with van der Waals surface area (Å²) in [5.74, 6) is 0.192. The lowest BCUT2D eigenvalue weighted by atomic mass is 9.92. The van der Waals surface area contributed by atoms with Crippen LogP contribution in [0.5, 0.6) is 5.88 Å². The highest BCUT2D eigenvalue weighted by Gasteiger charge is 2.22. The number of carbonyl (C=O) groups excluding carboxylic acids is 1. The van der Waals surface area contributed by atoms with Gasteiger partial charge in [0.05, 0.1) is 18.1 Å². The second kappa shape index (κ2) is 4.68. The fourth-order valence-corrected chi connectivity index (χ4v) is 1.39. The highest BCUT2D eigenvalue weighted by Crippen LogP contribution is 2.28. The van der Waals surface area contributed by atoms with Crippen LogP contribution in [0.4, 0.5) is 4.79 Å². The van der Waals surface area contributed by atoms with Gasteiger partial charge in [-0.3, -0.25) is 0 Å². The quantitative estimate of drug-likeness (QED) is 0.886. The van der Waals surface area contributed by atoms with E-state index in [1.807, 2.05) is 20.8 Å². The van der Waals surface area contributed by atoms with Gasteiger partial charge in [0.2, 0.25) is 0 Å². The molecule has 0 aliphatic carbocycles. The van der Waals surface area contributed by atoms with Crippen molar-refractivity contribution in [3.05, 3.63) is 24.4 Å². The Labute approximate surface area is 109 Å². The SMILES string of the molecule is CC(C)(C)c1cnc(OC(N)=O)c(-c2ncco2)n1. The number of hydrogen-bond donors (Lipinski definition) is 1. The normalized spacial score (nSPS) is 11.3. The molecule has 2 aromatic heterocycles. The highest BCUT2D eigenvalue weighted by molar-refractivity contribution is 5.70. The molecule has 7 heteroatoms. The highest BCUT2D eigenvalue weighted by atomic mass is 16.6. The van der Waals surface area contributed by atoms with Gasteiger partial charge < -0.3 is 14.9 Å². The van der Waals surface area contributed by atoms with Gasteiger partial charge in [0, 0.05) is 5.41 Å². The molecular formula is C12H14N4O3. The summed E-state index contributed by atoms with van der Waals surface area (Å²) in [4.78, 5) is 23.3. The molecule has 0 bridgehead atoms. The van der Waals surface area contributed by atoms with Crippen LogP contribution in [0.15, 0.2) is 23.1 Å². The minimum Gasteiger partial charge on any atom is -0.443 e. The number of nitrogens with zero attached hydrogens (tertiary/aromatic N) is 3. The predicted octanol–water partition coefficient (Wildman–Crippen LogP) is 1.89. The van der Waals surface area contributed by atoms with Crippen molar-refractivity contribution in [1.29, 1.82) is 0 Å². The Morgan fingerprint density at radius 1 is 1.37 bits per heavy atom. The van der Waals surface area contributed by atoms with Crippen LogP contribution in [0.1, 0.15) is 26.5 Å². The van der Waals surface area contributed by atoms with Gasteiger partial charge in [-0.05, 0) is 0 Å². The first-order valence-corrected chi connectivity index (χ1v) is 5.62. The Balaban J connectivity index is 2.54. The maximum atomic E-state index is 10.9. The average molecular weight is 262 g/mol. The average Bonchev–Trinajstić information content (AvgIpc) is 2.80. The molecule has 0 atom stereocenters. The number of amides is 1. The maximum absolute atomic E-state index is 10.9. The zero-order valence-electron chi connectivity index (χ0n) is 10.9. The van der Waals surface area contributed by atoms with E-state index in [0.717, 1.165) is 5.69 Å². The maximum Gasteiger partial charge on any atom is 0.411 e. The Bertz CT molecular complexity index is 588. The van der Waals surface area contributed by atoms with Gasteiger partial charge >= 0.3 is 6.09 Å². The molecule has 19 heavy (non-hydrogen) atoms. The van der Waals surface area contributed by atoms with Gasteiger partial charge in [0.15, 0.2) is 5.69 Å². The fourth-order valence-electron chi connectivity index (χ4n) is 1.39. The summed E-state index contributed by atoms with van der Waals surface area (Å²) in [6, 6.07) is 0. The molecule has 0 spiro atoms. The molecule has 0 aliphatic heterocycles. The summed E-state index contributed by atoms with van der Waals surface area (Å²) < 4.78 is 9.97. The van der Waals surface area contributed by atoms with Crippen LogP contribution in [-0.4, -0.2) is 21.0 Å². The zero-order chi connectivity index (χ0) is 14.0. The molecule has 0 fully saturated rings. The van der Waals surface area contributed by atoms with E-state index in [2.05, 4.69) is 15.0 Å². The Kier molecular flexibility index (Phi) is 3.20. The molecule has 2 rings (SSSR count). The van der Waals surface area contributed by atoms with Crippen molar-refractivity contribution in [1.82, 2.24) is 15.0 Å². The minimum absolute atomic E-state index is 0.0250. The van der Waals surface area contributed by atoms with Crippen LogP contribution in [0.25, 0.3) is 11.6 Å². The third-order valence-electron chi connectivity index (χ3n) is 2.34. The molecule has 2 N–H and O–H groups in total. The van der Waals surface area contributed by atoms with E-state index >= 15 is 0 Å². The van der Waals surface area contributed by atoms with Crippen LogP contribution in [0.3, 0.4) is 0 Å². The molecule has 2 heterocycles. The first kappa shape index (κ1) is 13.0. The van der Waals surface area contributed by atoms with E-state index < -0.39 is 6.09 Å². The second-order valence-electron chi connectivity index (χ2n) is 4.92. The second-order valence-corrected chi connectivity index (χ2v) is 4.92. The summed E-state index contributed by atoms with van der Waals surface area (Å²) in [5.41, 5.74) is 5.75. The number of nitrogens with two attached hydrogens (primary N) is 1. The van der Waals surface area contributed by atoms with E-state index in [4.69, 9.17) is 14.9 Å². The lowest BCUT2D eigenvalue weighted by Crippen LogP contribution is -2.19. The first-order valence-electron chi connectivity index (χ1n) is 5.62. The lowest BCUT2D eigenvalue weighted by molar-refractivity contribution is 0.209. The summed E-state index contributed by atoms with van der Waals surface area (Å²) >= 11 is 0. The van der Waals surface area contributed by atoms with Gasteiger partial charge in [-0.2, -0.15) is 0 Å². The van der Waals surface area contributed by atoms with E-state index in [1.54, 1.807) is 0 Å². The minimum atomic E-state index is -0.967. The van der Waals surface area contributed by atoms with E-state index in [1.165, 1.54) is 18.7 Å². The third-order valence-corrected chi connectivity index (χ3v) is 2.34. The molecule has 0 aliphatic rings. The smallest absolute Gasteiger partial charge is 0.411 e. The van der Waals surface area contributed by atoms with Crippen molar-refractivity contribution in [2.75, 3.05) is 0 Å². The molecule has 0 saturated heterocycles. The standard InChI is InChI=1S/C12H14N4O3/c1-12(2,3)7-6-15-10(19-11(13)17)8(16-7)9-14-4-5-18-9/h4-6H,1-3H3,(H2,13,17). The van der Waals surface area contributed by atoms with Crippen LogP contribution in [-0.2, 0) is 5.41 Å². The van der Waals surface area contributed by atoms with Crippen molar-refractivity contribution in [2.45, 2.75) is 26.2 Å². The molecule has 0 aromatic carbocycles. The largest absolute Gasteiger partial charge is 0.443 e. The van der Waals surface area contributed by atoms with E-state index in [9.17, 15) is 4.79 Å². The number of primary amides is 1.